The summed E-state index contributed by atoms with van der Waals surface area (Å²) in [5, 5.41) is 14.0. The molecule has 10 heteroatoms. The Morgan fingerprint density at radius 3 is 2.39 bits per heavy atom. The lowest BCUT2D eigenvalue weighted by Gasteiger charge is -2.11. The van der Waals surface area contributed by atoms with Crippen molar-refractivity contribution in [3.63, 3.8) is 0 Å². The molecule has 0 bridgehead atoms. The lowest BCUT2D eigenvalue weighted by Crippen LogP contribution is -2.41. The van der Waals surface area contributed by atoms with Gasteiger partial charge in [-0.05, 0) is 42.3 Å². The van der Waals surface area contributed by atoms with Gasteiger partial charge in [-0.15, -0.1) is 10.2 Å². The number of amides is 3. The summed E-state index contributed by atoms with van der Waals surface area (Å²) in [6.45, 7) is 4.62. The van der Waals surface area contributed by atoms with Crippen LogP contribution in [0.4, 0.5) is 4.79 Å². The molecule has 0 aliphatic carbocycles. The van der Waals surface area contributed by atoms with Crippen LogP contribution < -0.4 is 20.1 Å². The molecular formula is C23H27N5O4S. The fourth-order valence-electron chi connectivity index (χ4n) is 2.78. The van der Waals surface area contributed by atoms with Gasteiger partial charge in [-0.25, -0.2) is 4.79 Å². The number of carbonyl (C=O) groups is 2. The molecule has 0 aliphatic rings. The largest absolute Gasteiger partial charge is 0.497 e. The smallest absolute Gasteiger partial charge is 0.321 e. The molecule has 3 aromatic rings. The summed E-state index contributed by atoms with van der Waals surface area (Å²) in [4.78, 5) is 24.0. The number of urea groups is 1. The first kappa shape index (κ1) is 24.1. The van der Waals surface area contributed by atoms with Gasteiger partial charge in [-0.1, -0.05) is 43.8 Å². The van der Waals surface area contributed by atoms with Gasteiger partial charge >= 0.3 is 6.03 Å². The summed E-state index contributed by atoms with van der Waals surface area (Å²) < 4.78 is 12.9. The van der Waals surface area contributed by atoms with Crippen LogP contribution in [-0.2, 0) is 11.4 Å². The number of methoxy groups -OCH3 is 1. The van der Waals surface area contributed by atoms with E-state index in [-0.39, 0.29) is 12.4 Å². The monoisotopic (exact) mass is 469 g/mol. The Labute approximate surface area is 196 Å². The van der Waals surface area contributed by atoms with Crippen molar-refractivity contribution in [2.75, 3.05) is 19.4 Å². The minimum Gasteiger partial charge on any atom is -0.497 e. The second-order valence-electron chi connectivity index (χ2n) is 7.47. The van der Waals surface area contributed by atoms with Crippen LogP contribution in [0.5, 0.6) is 11.5 Å². The molecule has 1 aromatic heterocycles. The van der Waals surface area contributed by atoms with Crippen LogP contribution in [0.3, 0.4) is 0 Å². The maximum atomic E-state index is 12.2. The molecule has 9 nitrogen and oxygen atoms in total. The van der Waals surface area contributed by atoms with E-state index in [1.54, 1.807) is 7.11 Å². The van der Waals surface area contributed by atoms with E-state index in [1.807, 2.05) is 73.0 Å². The Bertz CT molecular complexity index is 1050. The second kappa shape index (κ2) is 11.9. The topological polar surface area (TPSA) is 107 Å². The van der Waals surface area contributed by atoms with Gasteiger partial charge in [-0.2, -0.15) is 0 Å². The van der Waals surface area contributed by atoms with E-state index in [1.165, 1.54) is 11.8 Å². The first-order valence-electron chi connectivity index (χ1n) is 10.4. The van der Waals surface area contributed by atoms with Crippen LogP contribution in [0.2, 0.25) is 0 Å². The minimum atomic E-state index is -0.507. The molecule has 0 aliphatic heterocycles. The molecule has 0 fully saturated rings. The Kier molecular flexibility index (Phi) is 8.71. The fraction of sp³-hybridized carbons (Fsp3) is 0.304. The number of rotatable bonds is 10. The van der Waals surface area contributed by atoms with E-state index in [4.69, 9.17) is 9.47 Å². The SMILES string of the molecule is COc1ccc(OCc2nnc(SCC(=O)NC(=O)NCC(C)C)n2-c2ccccc2)cc1. The first-order chi connectivity index (χ1) is 16.0. The number of aromatic nitrogens is 3. The number of hydrogen-bond donors (Lipinski definition) is 2. The number of para-hydroxylation sites is 1. The van der Waals surface area contributed by atoms with Crippen molar-refractivity contribution in [3.05, 3.63) is 60.4 Å². The lowest BCUT2D eigenvalue weighted by molar-refractivity contribution is -0.117. The zero-order valence-electron chi connectivity index (χ0n) is 18.8. The van der Waals surface area contributed by atoms with E-state index in [0.29, 0.717) is 29.2 Å². The van der Waals surface area contributed by atoms with Gasteiger partial charge in [0.1, 0.15) is 18.1 Å². The van der Waals surface area contributed by atoms with Crippen LogP contribution in [0.15, 0.2) is 59.8 Å². The molecule has 3 amide bonds. The molecule has 174 valence electrons. The van der Waals surface area contributed by atoms with Crippen LogP contribution in [0, 0.1) is 5.92 Å². The van der Waals surface area contributed by atoms with Crippen LogP contribution in [0.25, 0.3) is 5.69 Å². The van der Waals surface area contributed by atoms with Crippen molar-refractivity contribution in [2.24, 2.45) is 5.92 Å². The second-order valence-corrected chi connectivity index (χ2v) is 8.42. The van der Waals surface area contributed by atoms with E-state index in [0.717, 1.165) is 11.4 Å². The molecule has 0 radical (unpaired) electrons. The molecule has 0 saturated carbocycles. The number of benzene rings is 2. The number of hydrogen-bond acceptors (Lipinski definition) is 7. The predicted molar refractivity (Wildman–Crippen MR) is 126 cm³/mol. The molecule has 3 rings (SSSR count). The third-order valence-electron chi connectivity index (χ3n) is 4.40. The Hall–Kier alpha value is -3.53. The quantitative estimate of drug-likeness (QED) is 0.438. The molecule has 0 unspecified atom stereocenters. The summed E-state index contributed by atoms with van der Waals surface area (Å²) in [6, 6.07) is 16.3. The highest BCUT2D eigenvalue weighted by atomic mass is 32.2. The third-order valence-corrected chi connectivity index (χ3v) is 5.33. The maximum absolute atomic E-state index is 12.2. The zero-order valence-corrected chi connectivity index (χ0v) is 19.6. The number of nitrogens with one attached hydrogen (secondary N) is 2. The van der Waals surface area contributed by atoms with Crippen molar-refractivity contribution in [1.29, 1.82) is 0 Å². The van der Waals surface area contributed by atoms with Crippen LogP contribution in [0.1, 0.15) is 19.7 Å². The van der Waals surface area contributed by atoms with Crippen LogP contribution >= 0.6 is 11.8 Å². The predicted octanol–water partition coefficient (Wildman–Crippen LogP) is 3.43. The highest BCUT2D eigenvalue weighted by Gasteiger charge is 2.17. The summed E-state index contributed by atoms with van der Waals surface area (Å²) in [5.74, 6) is 1.88. The number of nitrogens with zero attached hydrogens (tertiary/aromatic N) is 3. The van der Waals surface area contributed by atoms with E-state index in [2.05, 4.69) is 20.8 Å². The minimum absolute atomic E-state index is 0.0133. The van der Waals surface area contributed by atoms with Crippen LogP contribution in [-0.4, -0.2) is 46.1 Å². The summed E-state index contributed by atoms with van der Waals surface area (Å²) in [5.41, 5.74) is 0.841. The Morgan fingerprint density at radius 1 is 1.03 bits per heavy atom. The van der Waals surface area contributed by atoms with E-state index in [9.17, 15) is 9.59 Å². The van der Waals surface area contributed by atoms with Gasteiger partial charge in [0.25, 0.3) is 0 Å². The van der Waals surface area contributed by atoms with Crippen molar-refractivity contribution in [3.8, 4) is 17.2 Å². The Balaban J connectivity index is 1.68. The number of ether oxygens (including phenoxy) is 2. The standard InChI is InChI=1S/C23H27N5O4S/c1-16(2)13-24-22(30)25-21(29)15-33-23-27-26-20(28(23)17-7-5-4-6-8-17)14-32-19-11-9-18(31-3)10-12-19/h4-12,16H,13-15H2,1-3H3,(H2,24,25,29,30). The third kappa shape index (κ3) is 7.25. The molecule has 2 aromatic carbocycles. The molecule has 1 heterocycles. The fourth-order valence-corrected chi connectivity index (χ4v) is 3.55. The van der Waals surface area contributed by atoms with E-state index < -0.39 is 11.9 Å². The lowest BCUT2D eigenvalue weighted by atomic mass is 10.2. The number of carbonyl (C=O) groups excluding carboxylic acids is 2. The highest BCUT2D eigenvalue weighted by molar-refractivity contribution is 7.99. The van der Waals surface area contributed by atoms with Gasteiger partial charge < -0.3 is 14.8 Å². The molecule has 0 saturated heterocycles. The summed E-state index contributed by atoms with van der Waals surface area (Å²) in [7, 11) is 1.61. The van der Waals surface area contributed by atoms with Gasteiger partial charge in [0.2, 0.25) is 5.91 Å². The highest BCUT2D eigenvalue weighted by Crippen LogP contribution is 2.23. The normalized spacial score (nSPS) is 10.7. The zero-order chi connectivity index (χ0) is 23.6. The van der Waals surface area contributed by atoms with Gasteiger partial charge in [0, 0.05) is 12.2 Å². The molecule has 0 atom stereocenters. The van der Waals surface area contributed by atoms with Crippen molar-refractivity contribution < 1.29 is 19.1 Å². The summed E-state index contributed by atoms with van der Waals surface area (Å²) >= 11 is 1.19. The molecule has 0 spiro atoms. The molecule has 33 heavy (non-hydrogen) atoms. The van der Waals surface area contributed by atoms with Crippen molar-refractivity contribution in [2.45, 2.75) is 25.6 Å². The van der Waals surface area contributed by atoms with Gasteiger partial charge in [0.15, 0.2) is 11.0 Å². The average molecular weight is 470 g/mol. The van der Waals surface area contributed by atoms with Gasteiger partial charge in [-0.3, -0.25) is 14.7 Å². The number of thioether (sulfide) groups is 1. The van der Waals surface area contributed by atoms with Crippen molar-refractivity contribution >= 4 is 23.7 Å². The van der Waals surface area contributed by atoms with Gasteiger partial charge in [0.05, 0.1) is 12.9 Å². The maximum Gasteiger partial charge on any atom is 0.321 e. The van der Waals surface area contributed by atoms with Crippen molar-refractivity contribution in [1.82, 2.24) is 25.4 Å². The summed E-state index contributed by atoms with van der Waals surface area (Å²) in [6.07, 6.45) is 0. The van der Waals surface area contributed by atoms with E-state index >= 15 is 0 Å². The Morgan fingerprint density at radius 2 is 1.73 bits per heavy atom. The average Bonchev–Trinajstić information content (AvgIpc) is 3.23. The molecular weight excluding hydrogens is 442 g/mol. The molecule has 2 N–H and O–H groups in total. The first-order valence-corrected chi connectivity index (χ1v) is 11.4. The number of imide groups is 1.